The SMILES string of the molecule is C=C1CCCc2c1ccc1c2ccc2ccccc21.c1ccccc1. The molecule has 0 N–H and O–H groups in total. The highest BCUT2D eigenvalue weighted by Gasteiger charge is 2.15. The summed E-state index contributed by atoms with van der Waals surface area (Å²) >= 11 is 0. The smallest absolute Gasteiger partial charge is 0.0102 e. The summed E-state index contributed by atoms with van der Waals surface area (Å²) in [6.07, 6.45) is 3.56. The monoisotopic (exact) mass is 322 g/mol. The third-order valence-corrected chi connectivity index (χ3v) is 4.99. The van der Waals surface area contributed by atoms with Crippen LogP contribution >= 0.6 is 0 Å². The molecule has 4 aromatic carbocycles. The lowest BCUT2D eigenvalue weighted by Gasteiger charge is -2.20. The van der Waals surface area contributed by atoms with Crippen molar-refractivity contribution >= 4 is 27.1 Å². The number of rotatable bonds is 0. The molecule has 0 heteroatoms. The van der Waals surface area contributed by atoms with Crippen LogP contribution in [0.4, 0.5) is 0 Å². The van der Waals surface area contributed by atoms with E-state index < -0.39 is 0 Å². The first-order valence-electron chi connectivity index (χ1n) is 8.96. The van der Waals surface area contributed by atoms with E-state index in [1.165, 1.54) is 51.1 Å². The number of benzene rings is 4. The van der Waals surface area contributed by atoms with E-state index >= 15 is 0 Å². The molecule has 1 aliphatic carbocycles. The van der Waals surface area contributed by atoms with Gasteiger partial charge in [0.1, 0.15) is 0 Å². The van der Waals surface area contributed by atoms with E-state index in [1.807, 2.05) is 36.4 Å². The minimum atomic E-state index is 1.14. The molecule has 5 rings (SSSR count). The second kappa shape index (κ2) is 6.94. The van der Waals surface area contributed by atoms with Crippen molar-refractivity contribution in [1.29, 1.82) is 0 Å². The molecule has 0 nitrogen and oxygen atoms in total. The maximum atomic E-state index is 4.22. The first kappa shape index (κ1) is 15.7. The van der Waals surface area contributed by atoms with Crippen LogP contribution in [-0.4, -0.2) is 0 Å². The fraction of sp³-hybridized carbons (Fsp3) is 0.120. The first-order chi connectivity index (χ1) is 12.3. The molecule has 0 saturated carbocycles. The van der Waals surface area contributed by atoms with Gasteiger partial charge in [-0.25, -0.2) is 0 Å². The maximum Gasteiger partial charge on any atom is -0.0102 e. The van der Waals surface area contributed by atoms with Crippen LogP contribution in [0.3, 0.4) is 0 Å². The molecule has 0 radical (unpaired) electrons. The first-order valence-corrected chi connectivity index (χ1v) is 8.96. The van der Waals surface area contributed by atoms with Gasteiger partial charge in [0, 0.05) is 0 Å². The van der Waals surface area contributed by atoms with Crippen LogP contribution in [0, 0.1) is 0 Å². The van der Waals surface area contributed by atoms with E-state index in [9.17, 15) is 0 Å². The van der Waals surface area contributed by atoms with E-state index in [-0.39, 0.29) is 0 Å². The molecule has 0 atom stereocenters. The molecule has 0 fully saturated rings. The molecule has 0 aliphatic heterocycles. The molecule has 0 heterocycles. The average molecular weight is 322 g/mol. The van der Waals surface area contributed by atoms with Gasteiger partial charge in [-0.3, -0.25) is 0 Å². The van der Waals surface area contributed by atoms with Gasteiger partial charge >= 0.3 is 0 Å². The zero-order chi connectivity index (χ0) is 17.1. The van der Waals surface area contributed by atoms with E-state index in [1.54, 1.807) is 0 Å². The standard InChI is InChI=1S/C19H16.C6H6/c1-13-5-4-8-17-15(13)11-12-18-16-7-3-2-6-14(16)9-10-19(17)18;1-2-4-6-5-3-1/h2-3,6-7,9-12H,1,4-5,8H2;1-6H. The van der Waals surface area contributed by atoms with Crippen molar-refractivity contribution in [1.82, 2.24) is 0 Å². The van der Waals surface area contributed by atoms with Crippen molar-refractivity contribution in [2.75, 3.05) is 0 Å². The molecule has 1 aliphatic rings. The number of fused-ring (bicyclic) bond motifs is 5. The predicted octanol–water partition coefficient (Wildman–Crippen LogP) is 7.03. The second-order valence-electron chi connectivity index (χ2n) is 6.59. The Morgan fingerprint density at radius 2 is 1.24 bits per heavy atom. The van der Waals surface area contributed by atoms with Crippen LogP contribution in [0.15, 0.2) is 91.5 Å². The summed E-state index contributed by atoms with van der Waals surface area (Å²) in [4.78, 5) is 0. The van der Waals surface area contributed by atoms with Gasteiger partial charge in [0.05, 0.1) is 0 Å². The summed E-state index contributed by atoms with van der Waals surface area (Å²) in [5, 5.41) is 5.48. The van der Waals surface area contributed by atoms with Crippen LogP contribution < -0.4 is 0 Å². The molecular weight excluding hydrogens is 300 g/mol. The van der Waals surface area contributed by atoms with Crippen LogP contribution in [0.2, 0.25) is 0 Å². The molecule has 0 saturated heterocycles. The Morgan fingerprint density at radius 1 is 0.560 bits per heavy atom. The van der Waals surface area contributed by atoms with Gasteiger partial charge in [-0.1, -0.05) is 91.5 Å². The molecule has 0 spiro atoms. The summed E-state index contributed by atoms with van der Waals surface area (Å²) in [5.41, 5.74) is 4.19. The van der Waals surface area contributed by atoms with Crippen molar-refractivity contribution in [3.63, 3.8) is 0 Å². The second-order valence-corrected chi connectivity index (χ2v) is 6.59. The number of hydrogen-bond acceptors (Lipinski definition) is 0. The van der Waals surface area contributed by atoms with Crippen molar-refractivity contribution in [3.05, 3.63) is 103 Å². The van der Waals surface area contributed by atoms with Crippen molar-refractivity contribution in [2.45, 2.75) is 19.3 Å². The Kier molecular flexibility index (Phi) is 4.35. The van der Waals surface area contributed by atoms with E-state index in [0.29, 0.717) is 0 Å². The van der Waals surface area contributed by atoms with E-state index in [4.69, 9.17) is 0 Å². The Bertz CT molecular complexity index is 999. The normalized spacial score (nSPS) is 13.2. The average Bonchev–Trinajstić information content (AvgIpc) is 2.69. The fourth-order valence-electron chi connectivity index (χ4n) is 3.75. The lowest BCUT2D eigenvalue weighted by atomic mass is 9.84. The molecule has 4 aromatic rings. The number of allylic oxidation sites excluding steroid dienone is 1. The molecule has 0 unspecified atom stereocenters. The third kappa shape index (κ3) is 3.08. The molecule has 25 heavy (non-hydrogen) atoms. The topological polar surface area (TPSA) is 0 Å². The number of hydrogen-bond donors (Lipinski definition) is 0. The lowest BCUT2D eigenvalue weighted by molar-refractivity contribution is 0.830. The Hall–Kier alpha value is -2.86. The van der Waals surface area contributed by atoms with Gasteiger partial charge in [-0.05, 0) is 57.5 Å². The largest absolute Gasteiger partial charge is 0.0952 e. The molecule has 0 bridgehead atoms. The highest BCUT2D eigenvalue weighted by molar-refractivity contribution is 6.09. The zero-order valence-electron chi connectivity index (χ0n) is 14.4. The molecular formula is C25H22. The maximum absolute atomic E-state index is 4.22. The van der Waals surface area contributed by atoms with Gasteiger partial charge in [-0.15, -0.1) is 0 Å². The van der Waals surface area contributed by atoms with Crippen LogP contribution in [0.25, 0.3) is 27.1 Å². The Labute approximate surface area is 149 Å². The number of aryl methyl sites for hydroxylation is 1. The molecule has 122 valence electrons. The van der Waals surface area contributed by atoms with Crippen LogP contribution in [0.1, 0.15) is 24.0 Å². The summed E-state index contributed by atoms with van der Waals surface area (Å²) in [6, 6.07) is 29.7. The van der Waals surface area contributed by atoms with Crippen molar-refractivity contribution < 1.29 is 0 Å². The van der Waals surface area contributed by atoms with Gasteiger partial charge in [0.15, 0.2) is 0 Å². The summed E-state index contributed by atoms with van der Waals surface area (Å²) in [7, 11) is 0. The van der Waals surface area contributed by atoms with Crippen LogP contribution in [-0.2, 0) is 6.42 Å². The highest BCUT2D eigenvalue weighted by Crippen LogP contribution is 2.36. The van der Waals surface area contributed by atoms with E-state index in [0.717, 1.165) is 6.42 Å². The Balaban J connectivity index is 0.000000223. The van der Waals surface area contributed by atoms with Gasteiger partial charge in [-0.2, -0.15) is 0 Å². The summed E-state index contributed by atoms with van der Waals surface area (Å²) in [6.45, 7) is 4.22. The molecule has 0 amide bonds. The van der Waals surface area contributed by atoms with Gasteiger partial charge in [0.25, 0.3) is 0 Å². The van der Waals surface area contributed by atoms with Gasteiger partial charge < -0.3 is 0 Å². The summed E-state index contributed by atoms with van der Waals surface area (Å²) in [5.74, 6) is 0. The minimum absolute atomic E-state index is 1.14. The quantitative estimate of drug-likeness (QED) is 0.305. The lowest BCUT2D eigenvalue weighted by Crippen LogP contribution is -2.01. The highest BCUT2D eigenvalue weighted by atomic mass is 14.2. The predicted molar refractivity (Wildman–Crippen MR) is 110 cm³/mol. The van der Waals surface area contributed by atoms with Crippen LogP contribution in [0.5, 0.6) is 0 Å². The molecule has 0 aromatic heterocycles. The van der Waals surface area contributed by atoms with E-state index in [2.05, 4.69) is 55.1 Å². The van der Waals surface area contributed by atoms with Crippen molar-refractivity contribution in [2.24, 2.45) is 0 Å². The minimum Gasteiger partial charge on any atom is -0.0952 e. The fourth-order valence-corrected chi connectivity index (χ4v) is 3.75. The summed E-state index contributed by atoms with van der Waals surface area (Å²) < 4.78 is 0. The van der Waals surface area contributed by atoms with Crippen molar-refractivity contribution in [3.8, 4) is 0 Å². The van der Waals surface area contributed by atoms with Gasteiger partial charge in [0.2, 0.25) is 0 Å². The third-order valence-electron chi connectivity index (χ3n) is 4.99. The Morgan fingerprint density at radius 3 is 2.00 bits per heavy atom. The zero-order valence-corrected chi connectivity index (χ0v) is 14.4.